The zero-order valence-corrected chi connectivity index (χ0v) is 16.4. The van der Waals surface area contributed by atoms with E-state index in [4.69, 9.17) is 4.74 Å². The first-order valence-electron chi connectivity index (χ1n) is 8.43. The van der Waals surface area contributed by atoms with E-state index in [1.54, 1.807) is 4.90 Å². The van der Waals surface area contributed by atoms with Gasteiger partial charge in [0, 0.05) is 29.1 Å². The van der Waals surface area contributed by atoms with Gasteiger partial charge in [-0.1, -0.05) is 0 Å². The summed E-state index contributed by atoms with van der Waals surface area (Å²) < 4.78 is 5.43. The van der Waals surface area contributed by atoms with Gasteiger partial charge < -0.3 is 9.64 Å². The Morgan fingerprint density at radius 3 is 2.65 bits per heavy atom. The molecule has 8 nitrogen and oxygen atoms in total. The molecule has 9 heteroatoms. The molecule has 0 aliphatic carbocycles. The largest absolute Gasteiger partial charge is 0.444 e. The molecule has 0 atom stereocenters. The smallest absolute Gasteiger partial charge is 0.410 e. The second kappa shape index (κ2) is 6.71. The summed E-state index contributed by atoms with van der Waals surface area (Å²) in [5, 5.41) is 10.4. The van der Waals surface area contributed by atoms with E-state index >= 15 is 0 Å². The highest BCUT2D eigenvalue weighted by molar-refractivity contribution is 7.15. The van der Waals surface area contributed by atoms with Gasteiger partial charge in [-0.05, 0) is 34.6 Å². The molecular formula is C17H23N5O3S. The van der Waals surface area contributed by atoms with E-state index in [-0.39, 0.29) is 12.0 Å². The standard InChI is InChI=1S/C17H23N5O3S/c1-9-10(2)26-15(18-9)19-14(23)13-11-8-22(7-6-12(11)20-21-13)16(24)25-17(3,4)5/h6-8H2,1-5H3,(H,20,21)(H,18,19,23). The van der Waals surface area contributed by atoms with Crippen molar-refractivity contribution in [2.45, 2.75) is 53.2 Å². The van der Waals surface area contributed by atoms with Crippen LogP contribution in [0.25, 0.3) is 0 Å². The van der Waals surface area contributed by atoms with Crippen LogP contribution in [0.2, 0.25) is 0 Å². The van der Waals surface area contributed by atoms with Gasteiger partial charge in [0.25, 0.3) is 5.91 Å². The first kappa shape index (κ1) is 18.4. The van der Waals surface area contributed by atoms with E-state index in [0.29, 0.717) is 30.3 Å². The highest BCUT2D eigenvalue weighted by Crippen LogP contribution is 2.25. The molecule has 0 bridgehead atoms. The van der Waals surface area contributed by atoms with Gasteiger partial charge in [0.05, 0.1) is 12.2 Å². The number of ether oxygens (including phenoxy) is 1. The Hall–Kier alpha value is -2.42. The van der Waals surface area contributed by atoms with Gasteiger partial charge >= 0.3 is 6.09 Å². The fourth-order valence-electron chi connectivity index (χ4n) is 2.65. The van der Waals surface area contributed by atoms with Gasteiger partial charge in [-0.15, -0.1) is 11.3 Å². The molecule has 0 saturated heterocycles. The van der Waals surface area contributed by atoms with E-state index in [2.05, 4.69) is 20.5 Å². The van der Waals surface area contributed by atoms with Crippen molar-refractivity contribution in [3.63, 3.8) is 0 Å². The predicted molar refractivity (Wildman–Crippen MR) is 98.5 cm³/mol. The number of amides is 2. The molecule has 0 fully saturated rings. The summed E-state index contributed by atoms with van der Waals surface area (Å²) in [5.74, 6) is -0.331. The monoisotopic (exact) mass is 377 g/mol. The minimum absolute atomic E-state index is 0.291. The summed E-state index contributed by atoms with van der Waals surface area (Å²) in [6.07, 6.45) is 0.214. The Balaban J connectivity index is 1.75. The number of fused-ring (bicyclic) bond motifs is 1. The van der Waals surface area contributed by atoms with Crippen molar-refractivity contribution in [1.82, 2.24) is 20.1 Å². The lowest BCUT2D eigenvalue weighted by Gasteiger charge is -2.30. The van der Waals surface area contributed by atoms with Crippen LogP contribution in [0, 0.1) is 13.8 Å². The number of nitrogens with one attached hydrogen (secondary N) is 2. The number of hydrogen-bond acceptors (Lipinski definition) is 6. The Kier molecular flexibility index (Phi) is 4.74. The third kappa shape index (κ3) is 3.87. The Bertz CT molecular complexity index is 830. The molecule has 3 heterocycles. The first-order chi connectivity index (χ1) is 12.1. The minimum Gasteiger partial charge on any atom is -0.444 e. The average molecular weight is 377 g/mol. The molecule has 1 aliphatic heterocycles. The van der Waals surface area contributed by atoms with Crippen molar-refractivity contribution < 1.29 is 14.3 Å². The van der Waals surface area contributed by atoms with Crippen LogP contribution < -0.4 is 5.32 Å². The zero-order chi connectivity index (χ0) is 19.1. The normalized spacial score (nSPS) is 14.1. The predicted octanol–water partition coefficient (Wildman–Crippen LogP) is 3.03. The number of aromatic nitrogens is 3. The number of hydrogen-bond donors (Lipinski definition) is 2. The number of nitrogens with zero attached hydrogens (tertiary/aromatic N) is 3. The SMILES string of the molecule is Cc1nc(NC(=O)c2n[nH]c3c2CN(C(=O)OC(C)(C)C)CC3)sc1C. The lowest BCUT2D eigenvalue weighted by atomic mass is 10.1. The van der Waals surface area contributed by atoms with Crippen LogP contribution in [-0.4, -0.2) is 44.2 Å². The highest BCUT2D eigenvalue weighted by atomic mass is 32.1. The summed E-state index contributed by atoms with van der Waals surface area (Å²) in [5.41, 5.74) is 2.23. The number of anilines is 1. The van der Waals surface area contributed by atoms with Gasteiger partial charge in [-0.3, -0.25) is 15.2 Å². The lowest BCUT2D eigenvalue weighted by molar-refractivity contribution is 0.0222. The Labute approximate surface area is 156 Å². The molecule has 26 heavy (non-hydrogen) atoms. The number of rotatable bonds is 2. The second-order valence-electron chi connectivity index (χ2n) is 7.30. The summed E-state index contributed by atoms with van der Waals surface area (Å²) in [7, 11) is 0. The molecule has 0 saturated carbocycles. The highest BCUT2D eigenvalue weighted by Gasteiger charge is 2.30. The van der Waals surface area contributed by atoms with Gasteiger partial charge in [0.1, 0.15) is 5.60 Å². The molecule has 2 aromatic rings. The number of carbonyl (C=O) groups excluding carboxylic acids is 2. The van der Waals surface area contributed by atoms with Crippen molar-refractivity contribution in [2.24, 2.45) is 0 Å². The lowest BCUT2D eigenvalue weighted by Crippen LogP contribution is -2.40. The average Bonchev–Trinajstić information content (AvgIpc) is 3.08. The maximum absolute atomic E-state index is 12.6. The van der Waals surface area contributed by atoms with Gasteiger partial charge in [-0.2, -0.15) is 5.10 Å². The molecule has 2 aromatic heterocycles. The van der Waals surface area contributed by atoms with Crippen LogP contribution in [0.15, 0.2) is 0 Å². The summed E-state index contributed by atoms with van der Waals surface area (Å²) >= 11 is 1.42. The molecule has 0 radical (unpaired) electrons. The summed E-state index contributed by atoms with van der Waals surface area (Å²) in [6.45, 7) is 10.2. The zero-order valence-electron chi connectivity index (χ0n) is 15.6. The van der Waals surface area contributed by atoms with E-state index in [1.165, 1.54) is 11.3 Å². The minimum atomic E-state index is -0.561. The topological polar surface area (TPSA) is 100 Å². The van der Waals surface area contributed by atoms with Crippen LogP contribution in [0.1, 0.15) is 53.1 Å². The fourth-order valence-corrected chi connectivity index (χ4v) is 3.46. The summed E-state index contributed by atoms with van der Waals surface area (Å²) in [4.78, 5) is 31.9. The Morgan fingerprint density at radius 2 is 2.04 bits per heavy atom. The van der Waals surface area contributed by atoms with Crippen LogP contribution in [0.4, 0.5) is 9.93 Å². The second-order valence-corrected chi connectivity index (χ2v) is 8.50. The van der Waals surface area contributed by atoms with Crippen molar-refractivity contribution in [2.75, 3.05) is 11.9 Å². The first-order valence-corrected chi connectivity index (χ1v) is 9.25. The van der Waals surface area contributed by atoms with E-state index in [9.17, 15) is 9.59 Å². The van der Waals surface area contributed by atoms with Gasteiger partial charge in [0.2, 0.25) is 0 Å². The number of thiazole rings is 1. The Morgan fingerprint density at radius 1 is 1.31 bits per heavy atom. The van der Waals surface area contributed by atoms with Gasteiger partial charge in [0.15, 0.2) is 10.8 Å². The molecule has 0 spiro atoms. The molecule has 0 aromatic carbocycles. The van der Waals surface area contributed by atoms with Crippen molar-refractivity contribution in [3.05, 3.63) is 27.5 Å². The van der Waals surface area contributed by atoms with E-state index < -0.39 is 5.60 Å². The van der Waals surface area contributed by atoms with E-state index in [1.807, 2.05) is 34.6 Å². The van der Waals surface area contributed by atoms with Crippen LogP contribution in [0.5, 0.6) is 0 Å². The van der Waals surface area contributed by atoms with Gasteiger partial charge in [-0.25, -0.2) is 9.78 Å². The molecular weight excluding hydrogens is 354 g/mol. The molecule has 140 valence electrons. The maximum atomic E-state index is 12.6. The quantitative estimate of drug-likeness (QED) is 0.838. The van der Waals surface area contributed by atoms with E-state index in [0.717, 1.165) is 21.8 Å². The van der Waals surface area contributed by atoms with Crippen LogP contribution >= 0.6 is 11.3 Å². The molecule has 3 rings (SSSR count). The molecule has 1 aliphatic rings. The maximum Gasteiger partial charge on any atom is 0.410 e. The number of H-pyrrole nitrogens is 1. The van der Waals surface area contributed by atoms with Crippen molar-refractivity contribution >= 4 is 28.5 Å². The summed E-state index contributed by atoms with van der Waals surface area (Å²) in [6, 6.07) is 0. The van der Waals surface area contributed by atoms with Crippen LogP contribution in [0.3, 0.4) is 0 Å². The van der Waals surface area contributed by atoms with Crippen molar-refractivity contribution in [1.29, 1.82) is 0 Å². The molecule has 2 amide bonds. The third-order valence-electron chi connectivity index (χ3n) is 4.05. The molecule has 2 N–H and O–H groups in total. The number of carbonyl (C=O) groups is 2. The van der Waals surface area contributed by atoms with Crippen molar-refractivity contribution in [3.8, 4) is 0 Å². The number of aromatic amines is 1. The molecule has 0 unspecified atom stereocenters. The fraction of sp³-hybridized carbons (Fsp3) is 0.529. The van der Waals surface area contributed by atoms with Crippen LogP contribution in [-0.2, 0) is 17.7 Å². The number of aryl methyl sites for hydroxylation is 2. The third-order valence-corrected chi connectivity index (χ3v) is 5.04.